The van der Waals surface area contributed by atoms with E-state index in [1.807, 2.05) is 24.3 Å². The molecule has 0 aromatic heterocycles. The molecule has 0 saturated heterocycles. The van der Waals surface area contributed by atoms with E-state index in [2.05, 4.69) is 6.92 Å². The lowest BCUT2D eigenvalue weighted by Crippen LogP contribution is -1.99. The molecule has 0 amide bonds. The molecule has 0 bridgehead atoms. The van der Waals surface area contributed by atoms with Gasteiger partial charge in [-0.05, 0) is 49.9 Å². The Morgan fingerprint density at radius 1 is 0.810 bits per heavy atom. The van der Waals surface area contributed by atoms with Gasteiger partial charge < -0.3 is 14.3 Å². The van der Waals surface area contributed by atoms with Gasteiger partial charge in [0.15, 0.2) is 0 Å². The molecule has 3 nitrogen and oxygen atoms in total. The molecule has 0 aliphatic heterocycles. The van der Waals surface area contributed by atoms with E-state index in [4.69, 9.17) is 9.47 Å². The third-order valence-electron chi connectivity index (χ3n) is 3.33. The molecular weight excluding hydrogens is 264 g/mol. The Morgan fingerprint density at radius 2 is 1.33 bits per heavy atom. The van der Waals surface area contributed by atoms with Gasteiger partial charge in [-0.3, -0.25) is 0 Å². The number of hydrogen-bond acceptors (Lipinski definition) is 3. The highest BCUT2D eigenvalue weighted by molar-refractivity contribution is 5.48. The molecule has 0 unspecified atom stereocenters. The van der Waals surface area contributed by atoms with E-state index in [1.165, 1.54) is 19.3 Å². The van der Waals surface area contributed by atoms with E-state index in [0.29, 0.717) is 13.0 Å². The Labute approximate surface area is 128 Å². The van der Waals surface area contributed by atoms with Crippen LogP contribution in [0.1, 0.15) is 58.3 Å². The third-order valence-corrected chi connectivity index (χ3v) is 3.33. The number of rotatable bonds is 13. The molecule has 0 fully saturated rings. The Hall–Kier alpha value is -1.51. The molecular formula is C18H28O3. The third kappa shape index (κ3) is 9.11. The first-order valence-electron chi connectivity index (χ1n) is 8.16. The van der Waals surface area contributed by atoms with Crippen molar-refractivity contribution in [2.45, 2.75) is 58.3 Å². The lowest BCUT2D eigenvalue weighted by atomic mass is 10.2. The highest BCUT2D eigenvalue weighted by Gasteiger charge is 1.97. The van der Waals surface area contributed by atoms with Crippen LogP contribution in [0.15, 0.2) is 24.3 Å². The number of benzene rings is 1. The quantitative estimate of drug-likeness (QED) is 0.387. The molecule has 118 valence electrons. The second-order valence-corrected chi connectivity index (χ2v) is 5.24. The largest absolute Gasteiger partial charge is 0.494 e. The van der Waals surface area contributed by atoms with Crippen LogP contribution in [0.25, 0.3) is 0 Å². The fourth-order valence-corrected chi connectivity index (χ4v) is 2.05. The zero-order valence-corrected chi connectivity index (χ0v) is 13.2. The van der Waals surface area contributed by atoms with Crippen molar-refractivity contribution in [1.29, 1.82) is 0 Å². The summed E-state index contributed by atoms with van der Waals surface area (Å²) in [4.78, 5) is 10.2. The van der Waals surface area contributed by atoms with Gasteiger partial charge in [-0.25, -0.2) is 0 Å². The van der Waals surface area contributed by atoms with E-state index in [-0.39, 0.29) is 0 Å². The molecule has 0 radical (unpaired) electrons. The van der Waals surface area contributed by atoms with Crippen molar-refractivity contribution in [3.8, 4) is 11.5 Å². The summed E-state index contributed by atoms with van der Waals surface area (Å²) in [6.45, 7) is 3.70. The van der Waals surface area contributed by atoms with Crippen LogP contribution in [0.2, 0.25) is 0 Å². The lowest BCUT2D eigenvalue weighted by molar-refractivity contribution is -0.107. The summed E-state index contributed by atoms with van der Waals surface area (Å²) >= 11 is 0. The van der Waals surface area contributed by atoms with Crippen molar-refractivity contribution in [2.75, 3.05) is 13.2 Å². The first-order chi connectivity index (χ1) is 10.4. The van der Waals surface area contributed by atoms with Crippen molar-refractivity contribution < 1.29 is 14.3 Å². The van der Waals surface area contributed by atoms with Gasteiger partial charge in [-0.2, -0.15) is 0 Å². The van der Waals surface area contributed by atoms with Crippen molar-refractivity contribution in [3.05, 3.63) is 24.3 Å². The van der Waals surface area contributed by atoms with Gasteiger partial charge in [-0.15, -0.1) is 0 Å². The molecule has 1 aromatic carbocycles. The van der Waals surface area contributed by atoms with Crippen LogP contribution >= 0.6 is 0 Å². The lowest BCUT2D eigenvalue weighted by Gasteiger charge is -2.08. The fourth-order valence-electron chi connectivity index (χ4n) is 2.05. The molecule has 0 saturated carbocycles. The van der Waals surface area contributed by atoms with Crippen LogP contribution in [-0.4, -0.2) is 19.5 Å². The predicted molar refractivity (Wildman–Crippen MR) is 86.1 cm³/mol. The minimum atomic E-state index is 0.657. The van der Waals surface area contributed by atoms with E-state index < -0.39 is 0 Å². The monoisotopic (exact) mass is 292 g/mol. The minimum absolute atomic E-state index is 0.657. The molecule has 3 heteroatoms. The molecule has 21 heavy (non-hydrogen) atoms. The topological polar surface area (TPSA) is 35.5 Å². The average Bonchev–Trinajstić information content (AvgIpc) is 2.52. The summed E-state index contributed by atoms with van der Waals surface area (Å²) in [6, 6.07) is 7.82. The molecule has 0 aliphatic carbocycles. The van der Waals surface area contributed by atoms with Crippen LogP contribution in [0, 0.1) is 0 Å². The molecule has 0 heterocycles. The zero-order valence-electron chi connectivity index (χ0n) is 13.2. The summed E-state index contributed by atoms with van der Waals surface area (Å²) in [7, 11) is 0. The number of carbonyl (C=O) groups is 1. The van der Waals surface area contributed by atoms with Gasteiger partial charge in [0, 0.05) is 6.42 Å². The number of hydrogen-bond donors (Lipinski definition) is 0. The Balaban J connectivity index is 2.10. The Kier molecular flexibility index (Phi) is 10.2. The highest BCUT2D eigenvalue weighted by atomic mass is 16.5. The van der Waals surface area contributed by atoms with E-state index in [1.54, 1.807) is 0 Å². The predicted octanol–water partition coefficient (Wildman–Crippen LogP) is 4.78. The van der Waals surface area contributed by atoms with Crippen molar-refractivity contribution >= 4 is 6.29 Å². The van der Waals surface area contributed by atoms with Gasteiger partial charge in [0.2, 0.25) is 0 Å². The first kappa shape index (κ1) is 17.5. The molecule has 0 N–H and O–H groups in total. The molecule has 0 aliphatic rings. The van der Waals surface area contributed by atoms with Crippen molar-refractivity contribution in [1.82, 2.24) is 0 Å². The highest BCUT2D eigenvalue weighted by Crippen LogP contribution is 2.18. The summed E-state index contributed by atoms with van der Waals surface area (Å²) in [5.41, 5.74) is 0. The van der Waals surface area contributed by atoms with E-state index >= 15 is 0 Å². The van der Waals surface area contributed by atoms with Crippen LogP contribution in [0.4, 0.5) is 0 Å². The van der Waals surface area contributed by atoms with Gasteiger partial charge in [0.25, 0.3) is 0 Å². The van der Waals surface area contributed by atoms with Crippen molar-refractivity contribution in [2.24, 2.45) is 0 Å². The average molecular weight is 292 g/mol. The van der Waals surface area contributed by atoms with Crippen LogP contribution in [0.5, 0.6) is 11.5 Å². The fraction of sp³-hybridized carbons (Fsp3) is 0.611. The normalized spacial score (nSPS) is 10.3. The SMILES string of the molecule is CCCCCCOc1ccc(OCCCCCC=O)cc1. The minimum Gasteiger partial charge on any atom is -0.494 e. The molecule has 0 spiro atoms. The number of aldehydes is 1. The summed E-state index contributed by atoms with van der Waals surface area (Å²) in [5.74, 6) is 1.79. The first-order valence-corrected chi connectivity index (χ1v) is 8.16. The number of ether oxygens (including phenoxy) is 2. The standard InChI is InChI=1S/C18H28O3/c1-2-3-4-8-15-20-17-10-12-18(13-11-17)21-16-9-6-5-7-14-19/h10-14H,2-9,15-16H2,1H3. The maximum atomic E-state index is 10.2. The summed E-state index contributed by atoms with van der Waals surface area (Å²) < 4.78 is 11.3. The Morgan fingerprint density at radius 3 is 1.81 bits per heavy atom. The van der Waals surface area contributed by atoms with E-state index in [9.17, 15) is 4.79 Å². The van der Waals surface area contributed by atoms with Crippen LogP contribution in [0.3, 0.4) is 0 Å². The van der Waals surface area contributed by atoms with Gasteiger partial charge in [-0.1, -0.05) is 26.2 Å². The molecule has 1 aromatic rings. The maximum absolute atomic E-state index is 10.2. The molecule has 1 rings (SSSR count). The Bertz CT molecular complexity index is 359. The number of unbranched alkanes of at least 4 members (excludes halogenated alkanes) is 6. The number of carbonyl (C=O) groups excluding carboxylic acids is 1. The van der Waals surface area contributed by atoms with E-state index in [0.717, 1.165) is 50.1 Å². The van der Waals surface area contributed by atoms with Gasteiger partial charge in [0.05, 0.1) is 13.2 Å². The summed E-state index contributed by atoms with van der Waals surface area (Å²) in [5, 5.41) is 0. The van der Waals surface area contributed by atoms with Crippen LogP contribution in [-0.2, 0) is 4.79 Å². The zero-order chi connectivity index (χ0) is 15.2. The van der Waals surface area contributed by atoms with Crippen molar-refractivity contribution in [3.63, 3.8) is 0 Å². The smallest absolute Gasteiger partial charge is 0.119 e. The molecule has 0 atom stereocenters. The van der Waals surface area contributed by atoms with Crippen LogP contribution < -0.4 is 9.47 Å². The van der Waals surface area contributed by atoms with Gasteiger partial charge in [0.1, 0.15) is 17.8 Å². The van der Waals surface area contributed by atoms with Gasteiger partial charge >= 0.3 is 0 Å². The second kappa shape index (κ2) is 12.2. The second-order valence-electron chi connectivity index (χ2n) is 5.24. The summed E-state index contributed by atoms with van der Waals surface area (Å²) in [6.07, 6.45) is 9.50. The maximum Gasteiger partial charge on any atom is 0.119 e.